The number of rotatable bonds is 5. The highest BCUT2D eigenvalue weighted by Crippen LogP contribution is 2.35. The number of ether oxygens (including phenoxy) is 2. The summed E-state index contributed by atoms with van der Waals surface area (Å²) in [7, 11) is 3.25. The molecule has 0 aliphatic heterocycles. The second-order valence-electron chi connectivity index (χ2n) is 4.56. The Morgan fingerprint density at radius 1 is 1.18 bits per heavy atom. The second kappa shape index (κ2) is 6.15. The molecule has 114 valence electrons. The van der Waals surface area contributed by atoms with Gasteiger partial charge in [-0.15, -0.1) is 16.4 Å². The fourth-order valence-corrected chi connectivity index (χ4v) is 2.93. The molecule has 1 aromatic carbocycles. The molecular weight excluding hydrogens is 300 g/mol. The number of aromatic nitrogens is 4. The zero-order chi connectivity index (χ0) is 15.5. The van der Waals surface area contributed by atoms with Crippen molar-refractivity contribution in [1.29, 1.82) is 0 Å². The maximum atomic E-state index is 5.31. The van der Waals surface area contributed by atoms with Crippen molar-refractivity contribution in [3.8, 4) is 11.5 Å². The summed E-state index contributed by atoms with van der Waals surface area (Å²) < 4.78 is 13.4. The lowest BCUT2D eigenvalue weighted by Gasteiger charge is -2.05. The van der Waals surface area contributed by atoms with Gasteiger partial charge in [-0.05, 0) is 19.1 Å². The molecule has 3 rings (SSSR count). The molecule has 0 amide bonds. The first-order valence-electron chi connectivity index (χ1n) is 6.84. The van der Waals surface area contributed by atoms with E-state index in [1.54, 1.807) is 30.2 Å². The van der Waals surface area contributed by atoms with Crippen LogP contribution < -0.4 is 9.47 Å². The van der Waals surface area contributed by atoms with Gasteiger partial charge in [-0.2, -0.15) is 0 Å². The van der Waals surface area contributed by atoms with E-state index in [-0.39, 0.29) is 0 Å². The average molecular weight is 316 g/mol. The Labute approximate surface area is 132 Å². The van der Waals surface area contributed by atoms with Crippen molar-refractivity contribution in [2.24, 2.45) is 0 Å². The summed E-state index contributed by atoms with van der Waals surface area (Å²) in [5, 5.41) is 8.97. The molecule has 0 N–H and O–H groups in total. The number of nitrogens with zero attached hydrogens (tertiary/aromatic N) is 4. The van der Waals surface area contributed by atoms with Gasteiger partial charge >= 0.3 is 0 Å². The standard InChI is InChI=1S/C15H16N4O2S/c1-4-19-9-10(17-18-19)5-6-15-16-11-7-12(20-2)13(21-3)8-14(11)22-15/h5-9H,4H2,1-3H3. The minimum absolute atomic E-state index is 0.682. The van der Waals surface area contributed by atoms with Crippen LogP contribution in [0.15, 0.2) is 18.3 Å². The first-order chi connectivity index (χ1) is 10.7. The van der Waals surface area contributed by atoms with Gasteiger partial charge in [-0.1, -0.05) is 5.21 Å². The van der Waals surface area contributed by atoms with Gasteiger partial charge in [0.2, 0.25) is 0 Å². The van der Waals surface area contributed by atoms with Gasteiger partial charge in [0.15, 0.2) is 11.5 Å². The van der Waals surface area contributed by atoms with Crippen molar-refractivity contribution >= 4 is 33.7 Å². The highest BCUT2D eigenvalue weighted by Gasteiger charge is 2.09. The SMILES string of the molecule is CCn1cc(C=Cc2nc3cc(OC)c(OC)cc3s2)nn1. The number of methoxy groups -OCH3 is 2. The average Bonchev–Trinajstić information content (AvgIpc) is 3.16. The van der Waals surface area contributed by atoms with Crippen LogP contribution in [0.5, 0.6) is 11.5 Å². The van der Waals surface area contributed by atoms with Crippen molar-refractivity contribution in [2.45, 2.75) is 13.5 Å². The van der Waals surface area contributed by atoms with E-state index in [9.17, 15) is 0 Å². The number of fused-ring (bicyclic) bond motifs is 1. The lowest BCUT2D eigenvalue weighted by atomic mass is 10.3. The summed E-state index contributed by atoms with van der Waals surface area (Å²) in [6.45, 7) is 2.83. The van der Waals surface area contributed by atoms with E-state index in [1.165, 1.54) is 0 Å². The maximum Gasteiger partial charge on any atom is 0.162 e. The van der Waals surface area contributed by atoms with E-state index in [1.807, 2.05) is 37.4 Å². The van der Waals surface area contributed by atoms with Crippen LogP contribution in [0.1, 0.15) is 17.6 Å². The highest BCUT2D eigenvalue weighted by atomic mass is 32.1. The third-order valence-electron chi connectivity index (χ3n) is 3.19. The summed E-state index contributed by atoms with van der Waals surface area (Å²) in [6, 6.07) is 3.83. The van der Waals surface area contributed by atoms with Crippen molar-refractivity contribution in [3.05, 3.63) is 29.0 Å². The van der Waals surface area contributed by atoms with Crippen LogP contribution in [-0.2, 0) is 6.54 Å². The first-order valence-corrected chi connectivity index (χ1v) is 7.66. The zero-order valence-corrected chi connectivity index (χ0v) is 13.4. The Morgan fingerprint density at radius 3 is 2.64 bits per heavy atom. The van der Waals surface area contributed by atoms with E-state index in [0.717, 1.165) is 27.5 Å². The van der Waals surface area contributed by atoms with Crippen molar-refractivity contribution in [2.75, 3.05) is 14.2 Å². The van der Waals surface area contributed by atoms with Crippen molar-refractivity contribution in [3.63, 3.8) is 0 Å². The number of benzene rings is 1. The zero-order valence-electron chi connectivity index (χ0n) is 12.6. The molecule has 0 bridgehead atoms. The molecule has 3 aromatic rings. The molecule has 0 saturated carbocycles. The Hall–Kier alpha value is -2.41. The highest BCUT2D eigenvalue weighted by molar-refractivity contribution is 7.19. The monoisotopic (exact) mass is 316 g/mol. The number of hydrogen-bond donors (Lipinski definition) is 0. The van der Waals surface area contributed by atoms with Crippen LogP contribution in [0.2, 0.25) is 0 Å². The predicted octanol–water partition coefficient (Wildman–Crippen LogP) is 3.10. The predicted molar refractivity (Wildman–Crippen MR) is 87.3 cm³/mol. The van der Waals surface area contributed by atoms with Crippen LogP contribution >= 0.6 is 11.3 Å². The minimum Gasteiger partial charge on any atom is -0.493 e. The molecule has 0 radical (unpaired) electrons. The second-order valence-corrected chi connectivity index (χ2v) is 5.62. The van der Waals surface area contributed by atoms with Crippen LogP contribution in [0.4, 0.5) is 0 Å². The van der Waals surface area contributed by atoms with Crippen LogP contribution in [0.25, 0.3) is 22.4 Å². The van der Waals surface area contributed by atoms with Crippen molar-refractivity contribution in [1.82, 2.24) is 20.0 Å². The lowest BCUT2D eigenvalue weighted by Crippen LogP contribution is -1.93. The Balaban J connectivity index is 1.91. The maximum absolute atomic E-state index is 5.31. The summed E-state index contributed by atoms with van der Waals surface area (Å²) >= 11 is 1.59. The van der Waals surface area contributed by atoms with Gasteiger partial charge in [-0.3, -0.25) is 4.68 Å². The Kier molecular flexibility index (Phi) is 4.06. The van der Waals surface area contributed by atoms with Gasteiger partial charge in [0.05, 0.1) is 30.6 Å². The van der Waals surface area contributed by atoms with Gasteiger partial charge in [0.25, 0.3) is 0 Å². The van der Waals surface area contributed by atoms with E-state index < -0.39 is 0 Å². The number of aryl methyl sites for hydroxylation is 1. The lowest BCUT2D eigenvalue weighted by molar-refractivity contribution is 0.356. The van der Waals surface area contributed by atoms with E-state index in [2.05, 4.69) is 15.3 Å². The fraction of sp³-hybridized carbons (Fsp3) is 0.267. The third-order valence-corrected chi connectivity index (χ3v) is 4.17. The quantitative estimate of drug-likeness (QED) is 0.724. The molecule has 7 heteroatoms. The molecule has 0 aliphatic carbocycles. The van der Waals surface area contributed by atoms with E-state index in [0.29, 0.717) is 11.5 Å². The molecule has 2 heterocycles. The van der Waals surface area contributed by atoms with Gasteiger partial charge < -0.3 is 9.47 Å². The van der Waals surface area contributed by atoms with Gasteiger partial charge in [-0.25, -0.2) is 4.98 Å². The molecule has 6 nitrogen and oxygen atoms in total. The topological polar surface area (TPSA) is 62.1 Å². The molecular formula is C15H16N4O2S. The molecule has 22 heavy (non-hydrogen) atoms. The summed E-state index contributed by atoms with van der Waals surface area (Å²) in [5.41, 5.74) is 1.70. The molecule has 0 unspecified atom stereocenters. The number of hydrogen-bond acceptors (Lipinski definition) is 6. The summed E-state index contributed by atoms with van der Waals surface area (Å²) in [5.74, 6) is 1.39. The molecule has 0 aliphatic rings. The normalized spacial score (nSPS) is 11.4. The summed E-state index contributed by atoms with van der Waals surface area (Å²) in [4.78, 5) is 4.58. The first kappa shape index (κ1) is 14.5. The molecule has 0 saturated heterocycles. The Morgan fingerprint density at radius 2 is 1.95 bits per heavy atom. The van der Waals surface area contributed by atoms with E-state index >= 15 is 0 Å². The third kappa shape index (κ3) is 2.80. The fourth-order valence-electron chi connectivity index (χ4n) is 2.05. The van der Waals surface area contributed by atoms with Crippen LogP contribution in [0, 0.1) is 0 Å². The number of thiazole rings is 1. The molecule has 0 atom stereocenters. The van der Waals surface area contributed by atoms with Gasteiger partial charge in [0.1, 0.15) is 10.7 Å². The van der Waals surface area contributed by atoms with E-state index in [4.69, 9.17) is 9.47 Å². The smallest absolute Gasteiger partial charge is 0.162 e. The molecule has 0 fully saturated rings. The van der Waals surface area contributed by atoms with Crippen molar-refractivity contribution < 1.29 is 9.47 Å². The molecule has 2 aromatic heterocycles. The van der Waals surface area contributed by atoms with Gasteiger partial charge in [0, 0.05) is 18.7 Å². The molecule has 0 spiro atoms. The van der Waals surface area contributed by atoms with Crippen LogP contribution in [0.3, 0.4) is 0 Å². The summed E-state index contributed by atoms with van der Waals surface area (Å²) in [6.07, 6.45) is 5.74. The Bertz CT molecular complexity index is 781. The minimum atomic E-state index is 0.682. The largest absolute Gasteiger partial charge is 0.493 e. The van der Waals surface area contributed by atoms with Crippen LogP contribution in [-0.4, -0.2) is 34.2 Å².